The maximum Gasteiger partial charge on any atom is 0.193 e. The first-order chi connectivity index (χ1) is 14.1. The fraction of sp³-hybridized carbons (Fsp3) is 0.231. The summed E-state index contributed by atoms with van der Waals surface area (Å²) in [5.74, 6) is 0.977. The number of unbranched alkanes of at least 4 members (excludes halogenated alkanes) is 2. The average Bonchev–Trinajstić information content (AvgIpc) is 2.77. The van der Waals surface area contributed by atoms with E-state index in [2.05, 4.69) is 0 Å². The maximum absolute atomic E-state index is 12.6. The summed E-state index contributed by atoms with van der Waals surface area (Å²) in [6.07, 6.45) is 3.27. The van der Waals surface area contributed by atoms with Crippen molar-refractivity contribution in [1.29, 1.82) is 0 Å². The van der Waals surface area contributed by atoms with Crippen LogP contribution in [0.3, 0.4) is 0 Å². The topological polar surface area (TPSA) is 43.4 Å². The summed E-state index contributed by atoms with van der Waals surface area (Å²) in [5, 5.41) is 0. The molecule has 0 aliphatic heterocycles. The van der Waals surface area contributed by atoms with Gasteiger partial charge in [0.05, 0.1) is 6.61 Å². The molecule has 3 heteroatoms. The van der Waals surface area contributed by atoms with E-state index < -0.39 is 0 Å². The molecule has 0 heterocycles. The second-order valence-electron chi connectivity index (χ2n) is 7.12. The summed E-state index contributed by atoms with van der Waals surface area (Å²) in [6.45, 7) is 2.54. The summed E-state index contributed by atoms with van der Waals surface area (Å²) < 4.78 is 5.77. The van der Waals surface area contributed by atoms with Crippen molar-refractivity contribution in [3.8, 4) is 5.75 Å². The zero-order valence-electron chi connectivity index (χ0n) is 16.8. The van der Waals surface area contributed by atoms with Crippen LogP contribution in [0.2, 0.25) is 0 Å². The highest BCUT2D eigenvalue weighted by molar-refractivity contribution is 6.09. The smallest absolute Gasteiger partial charge is 0.193 e. The van der Waals surface area contributed by atoms with Crippen LogP contribution >= 0.6 is 0 Å². The van der Waals surface area contributed by atoms with Crippen molar-refractivity contribution >= 4 is 11.6 Å². The first-order valence-electron chi connectivity index (χ1n) is 10.1. The summed E-state index contributed by atoms with van der Waals surface area (Å²) in [6, 6.07) is 24.3. The molecule has 148 valence electrons. The third-order valence-electron chi connectivity index (χ3n) is 4.92. The van der Waals surface area contributed by atoms with Gasteiger partial charge in [0.1, 0.15) is 5.75 Å². The highest BCUT2D eigenvalue weighted by Gasteiger charge is 2.11. The predicted octanol–water partition coefficient (Wildman–Crippen LogP) is 6.05. The number of benzene rings is 3. The van der Waals surface area contributed by atoms with Gasteiger partial charge >= 0.3 is 0 Å². The first kappa shape index (κ1) is 20.5. The van der Waals surface area contributed by atoms with E-state index in [0.717, 1.165) is 41.7 Å². The van der Waals surface area contributed by atoms with Gasteiger partial charge in [-0.25, -0.2) is 0 Å². The van der Waals surface area contributed by atoms with Crippen molar-refractivity contribution in [1.82, 2.24) is 0 Å². The van der Waals surface area contributed by atoms with Crippen LogP contribution in [-0.2, 0) is 0 Å². The first-order valence-corrected chi connectivity index (χ1v) is 10.1. The van der Waals surface area contributed by atoms with Gasteiger partial charge in [-0.15, -0.1) is 0 Å². The van der Waals surface area contributed by atoms with Gasteiger partial charge in [-0.3, -0.25) is 9.59 Å². The molecule has 0 fully saturated rings. The number of hydrogen-bond acceptors (Lipinski definition) is 3. The molecule has 0 aliphatic rings. The van der Waals surface area contributed by atoms with Crippen molar-refractivity contribution in [2.75, 3.05) is 6.61 Å². The fourth-order valence-corrected chi connectivity index (χ4v) is 3.21. The van der Waals surface area contributed by atoms with Gasteiger partial charge in [0.15, 0.2) is 11.6 Å². The lowest BCUT2D eigenvalue weighted by Gasteiger charge is -2.08. The molecule has 0 saturated carbocycles. The molecule has 3 aromatic rings. The van der Waals surface area contributed by atoms with E-state index in [4.69, 9.17) is 4.74 Å². The Bertz CT molecular complexity index is 943. The van der Waals surface area contributed by atoms with Gasteiger partial charge in [0.25, 0.3) is 0 Å². The Hall–Kier alpha value is -3.20. The van der Waals surface area contributed by atoms with Crippen LogP contribution in [0.25, 0.3) is 0 Å². The minimum atomic E-state index is 0.0257. The van der Waals surface area contributed by atoms with Crippen LogP contribution in [0.15, 0.2) is 78.9 Å². The van der Waals surface area contributed by atoms with E-state index in [9.17, 15) is 9.59 Å². The molecule has 0 saturated heterocycles. The SMILES string of the molecule is Cc1ccccc1C(=O)c1ccc(OCCCCCC(=O)c2ccccc2)cc1. The second kappa shape index (κ2) is 10.4. The van der Waals surface area contributed by atoms with Crippen LogP contribution in [0.4, 0.5) is 0 Å². The summed E-state index contributed by atoms with van der Waals surface area (Å²) in [7, 11) is 0. The van der Waals surface area contributed by atoms with Crippen molar-refractivity contribution in [3.05, 3.63) is 101 Å². The third-order valence-corrected chi connectivity index (χ3v) is 4.92. The third kappa shape index (κ3) is 5.89. The number of hydrogen-bond donors (Lipinski definition) is 0. The number of rotatable bonds is 10. The monoisotopic (exact) mass is 386 g/mol. The van der Waals surface area contributed by atoms with Crippen LogP contribution < -0.4 is 4.74 Å². The lowest BCUT2D eigenvalue weighted by molar-refractivity contribution is 0.0977. The number of aryl methyl sites for hydroxylation is 1. The highest BCUT2D eigenvalue weighted by atomic mass is 16.5. The maximum atomic E-state index is 12.6. The van der Waals surface area contributed by atoms with Gasteiger partial charge in [-0.2, -0.15) is 0 Å². The molecular formula is C26H26O3. The molecule has 0 spiro atoms. The summed E-state index contributed by atoms with van der Waals surface area (Å²) in [4.78, 5) is 24.7. The van der Waals surface area contributed by atoms with E-state index in [1.54, 1.807) is 0 Å². The Labute approximate surface area is 172 Å². The van der Waals surface area contributed by atoms with E-state index in [1.165, 1.54) is 0 Å². The molecule has 3 aromatic carbocycles. The highest BCUT2D eigenvalue weighted by Crippen LogP contribution is 2.18. The molecule has 0 atom stereocenters. The minimum Gasteiger partial charge on any atom is -0.494 e. The lowest BCUT2D eigenvalue weighted by Crippen LogP contribution is -2.04. The second-order valence-corrected chi connectivity index (χ2v) is 7.12. The number of Topliss-reactive ketones (excluding diaryl/α,β-unsaturated/α-hetero) is 1. The molecule has 0 bridgehead atoms. The Morgan fingerprint density at radius 1 is 0.724 bits per heavy atom. The van der Waals surface area contributed by atoms with Crippen LogP contribution in [0.1, 0.15) is 57.5 Å². The molecule has 0 amide bonds. The van der Waals surface area contributed by atoms with E-state index in [-0.39, 0.29) is 11.6 Å². The number of carbonyl (C=O) groups is 2. The van der Waals surface area contributed by atoms with E-state index in [1.807, 2.05) is 85.8 Å². The van der Waals surface area contributed by atoms with Crippen molar-refractivity contribution in [2.45, 2.75) is 32.6 Å². The van der Waals surface area contributed by atoms with Crippen LogP contribution in [0, 0.1) is 6.92 Å². The largest absolute Gasteiger partial charge is 0.494 e. The van der Waals surface area contributed by atoms with Crippen molar-refractivity contribution < 1.29 is 14.3 Å². The number of ketones is 2. The van der Waals surface area contributed by atoms with E-state index in [0.29, 0.717) is 18.6 Å². The van der Waals surface area contributed by atoms with E-state index >= 15 is 0 Å². The summed E-state index contributed by atoms with van der Waals surface area (Å²) >= 11 is 0. The predicted molar refractivity (Wildman–Crippen MR) is 116 cm³/mol. The molecule has 3 nitrogen and oxygen atoms in total. The molecule has 29 heavy (non-hydrogen) atoms. The summed E-state index contributed by atoms with van der Waals surface area (Å²) in [5.41, 5.74) is 3.14. The lowest BCUT2D eigenvalue weighted by atomic mass is 9.99. The molecular weight excluding hydrogens is 360 g/mol. The van der Waals surface area contributed by atoms with Crippen LogP contribution in [0.5, 0.6) is 5.75 Å². The molecule has 0 aliphatic carbocycles. The number of carbonyl (C=O) groups excluding carboxylic acids is 2. The quantitative estimate of drug-likeness (QED) is 0.315. The van der Waals surface area contributed by atoms with Crippen LogP contribution in [-0.4, -0.2) is 18.2 Å². The molecule has 0 N–H and O–H groups in total. The Morgan fingerprint density at radius 2 is 1.41 bits per heavy atom. The fourth-order valence-electron chi connectivity index (χ4n) is 3.21. The Morgan fingerprint density at radius 3 is 2.14 bits per heavy atom. The minimum absolute atomic E-state index is 0.0257. The molecule has 0 aromatic heterocycles. The zero-order valence-corrected chi connectivity index (χ0v) is 16.8. The van der Waals surface area contributed by atoms with Crippen molar-refractivity contribution in [3.63, 3.8) is 0 Å². The van der Waals surface area contributed by atoms with Gasteiger partial charge in [-0.1, -0.05) is 54.6 Å². The normalized spacial score (nSPS) is 10.5. The van der Waals surface area contributed by atoms with Gasteiger partial charge < -0.3 is 4.74 Å². The van der Waals surface area contributed by atoms with Gasteiger partial charge in [0, 0.05) is 23.1 Å². The number of ether oxygens (including phenoxy) is 1. The molecule has 0 unspecified atom stereocenters. The molecule has 0 radical (unpaired) electrons. The van der Waals surface area contributed by atoms with Gasteiger partial charge in [-0.05, 0) is 56.0 Å². The zero-order chi connectivity index (χ0) is 20.5. The molecule has 3 rings (SSSR count). The Kier molecular flexibility index (Phi) is 7.34. The Balaban J connectivity index is 1.39. The van der Waals surface area contributed by atoms with Crippen molar-refractivity contribution in [2.24, 2.45) is 0 Å². The average molecular weight is 386 g/mol. The standard InChI is InChI=1S/C26H26O3/c1-20-10-7-8-13-24(20)26(28)22-15-17-23(18-16-22)29-19-9-3-6-14-25(27)21-11-4-2-5-12-21/h2,4-5,7-8,10-13,15-18H,3,6,9,14,19H2,1H3. The van der Waals surface area contributed by atoms with Gasteiger partial charge in [0.2, 0.25) is 0 Å².